The van der Waals surface area contributed by atoms with Crippen molar-refractivity contribution in [1.82, 2.24) is 20.3 Å². The summed E-state index contributed by atoms with van der Waals surface area (Å²) in [6.07, 6.45) is 1.40. The summed E-state index contributed by atoms with van der Waals surface area (Å²) in [5.74, 6) is -0.453. The Morgan fingerprint density at radius 2 is 2.06 bits per heavy atom. The number of amides is 1. The van der Waals surface area contributed by atoms with Gasteiger partial charge in [-0.1, -0.05) is 23.4 Å². The van der Waals surface area contributed by atoms with E-state index in [9.17, 15) is 13.6 Å². The third kappa shape index (κ3) is 5.75. The number of carbonyl (C=O) groups excluding carboxylic acids is 1. The zero-order valence-electron chi connectivity index (χ0n) is 16.2. The van der Waals surface area contributed by atoms with Crippen LogP contribution in [0.4, 0.5) is 14.5 Å². The van der Waals surface area contributed by atoms with Gasteiger partial charge < -0.3 is 20.1 Å². The first-order chi connectivity index (χ1) is 14.6. The summed E-state index contributed by atoms with van der Waals surface area (Å²) in [6, 6.07) is 13.3. The summed E-state index contributed by atoms with van der Waals surface area (Å²) >= 11 is 0. The first-order valence-corrected chi connectivity index (χ1v) is 9.30. The van der Waals surface area contributed by atoms with Crippen LogP contribution in [0.1, 0.15) is 22.2 Å². The van der Waals surface area contributed by atoms with Gasteiger partial charge in [0.15, 0.2) is 5.69 Å². The first kappa shape index (κ1) is 22.6. The predicted molar refractivity (Wildman–Crippen MR) is 111 cm³/mol. The highest BCUT2D eigenvalue weighted by atomic mass is 35.5. The molecule has 2 N–H and O–H groups in total. The normalized spacial score (nSPS) is 15.9. The number of nitrogens with one attached hydrogen (secondary N) is 2. The fraction of sp³-hybridized carbons (Fsp3) is 0.250. The SMILES string of the molecule is Cl.O=C(Nc1ccc([C@H]2CNCCO2)cc1)c1cn(-c2cccc(OC(F)F)c2)nn1. The minimum Gasteiger partial charge on any atom is -0.435 e. The van der Waals surface area contributed by atoms with Crippen LogP contribution in [0.5, 0.6) is 5.75 Å². The highest BCUT2D eigenvalue weighted by Gasteiger charge is 2.16. The standard InChI is InChI=1S/C20H19F2N5O3.ClH/c21-20(22)30-16-3-1-2-15(10-16)27-12-17(25-26-27)19(28)24-14-6-4-13(5-7-14)18-11-23-8-9-29-18;/h1-7,10,12,18,20,23H,8-9,11H2,(H,24,28);1H/t18-;/m1./s1. The molecule has 2 aromatic carbocycles. The molecule has 1 aromatic heterocycles. The summed E-state index contributed by atoms with van der Waals surface area (Å²) in [6.45, 7) is -0.673. The van der Waals surface area contributed by atoms with E-state index in [2.05, 4.69) is 25.7 Å². The maximum Gasteiger partial charge on any atom is 0.387 e. The topological polar surface area (TPSA) is 90.3 Å². The molecule has 0 unspecified atom stereocenters. The number of hydrogen-bond acceptors (Lipinski definition) is 6. The summed E-state index contributed by atoms with van der Waals surface area (Å²) < 4.78 is 36.2. The Kier molecular flexibility index (Phi) is 7.50. The van der Waals surface area contributed by atoms with E-state index in [4.69, 9.17) is 4.74 Å². The number of aromatic nitrogens is 3. The first-order valence-electron chi connectivity index (χ1n) is 9.30. The van der Waals surface area contributed by atoms with Crippen LogP contribution in [0.2, 0.25) is 0 Å². The van der Waals surface area contributed by atoms with Gasteiger partial charge in [0.25, 0.3) is 5.91 Å². The minimum absolute atomic E-state index is 0. The second kappa shape index (κ2) is 10.3. The lowest BCUT2D eigenvalue weighted by molar-refractivity contribution is -0.0498. The van der Waals surface area contributed by atoms with Gasteiger partial charge in [0, 0.05) is 24.8 Å². The maximum atomic E-state index is 12.5. The van der Waals surface area contributed by atoms with Crippen LogP contribution in [-0.2, 0) is 4.74 Å². The fourth-order valence-corrected chi connectivity index (χ4v) is 3.05. The van der Waals surface area contributed by atoms with Gasteiger partial charge in [-0.3, -0.25) is 4.79 Å². The number of carbonyl (C=O) groups is 1. The van der Waals surface area contributed by atoms with Gasteiger partial charge in [0.1, 0.15) is 5.75 Å². The molecule has 0 spiro atoms. The number of hydrogen-bond donors (Lipinski definition) is 2. The third-order valence-corrected chi connectivity index (χ3v) is 4.50. The van der Waals surface area contributed by atoms with Gasteiger partial charge >= 0.3 is 6.61 Å². The quantitative estimate of drug-likeness (QED) is 0.598. The van der Waals surface area contributed by atoms with Crippen molar-refractivity contribution in [2.24, 2.45) is 0 Å². The zero-order chi connectivity index (χ0) is 20.9. The van der Waals surface area contributed by atoms with E-state index < -0.39 is 12.5 Å². The van der Waals surface area contributed by atoms with Gasteiger partial charge in [-0.25, -0.2) is 4.68 Å². The van der Waals surface area contributed by atoms with Crippen LogP contribution >= 0.6 is 12.4 Å². The van der Waals surface area contributed by atoms with Gasteiger partial charge in [-0.2, -0.15) is 8.78 Å². The molecule has 1 aliphatic rings. The second-order valence-electron chi connectivity index (χ2n) is 6.56. The van der Waals surface area contributed by atoms with Crippen LogP contribution in [0.15, 0.2) is 54.7 Å². The van der Waals surface area contributed by atoms with Crippen molar-refractivity contribution in [3.63, 3.8) is 0 Å². The van der Waals surface area contributed by atoms with Crippen molar-refractivity contribution in [3.05, 3.63) is 66.0 Å². The fourth-order valence-electron chi connectivity index (χ4n) is 3.05. The number of nitrogens with zero attached hydrogens (tertiary/aromatic N) is 3. The van der Waals surface area contributed by atoms with Gasteiger partial charge in [0.05, 0.1) is 24.6 Å². The van der Waals surface area contributed by atoms with Crippen molar-refractivity contribution in [2.75, 3.05) is 25.0 Å². The number of benzene rings is 2. The molecule has 8 nitrogen and oxygen atoms in total. The molecule has 0 aliphatic carbocycles. The van der Waals surface area contributed by atoms with Crippen molar-refractivity contribution >= 4 is 24.0 Å². The molecule has 1 saturated heterocycles. The molecular formula is C20H20ClF2N5O3. The van der Waals surface area contributed by atoms with E-state index in [0.29, 0.717) is 18.0 Å². The number of anilines is 1. The molecule has 31 heavy (non-hydrogen) atoms. The highest BCUT2D eigenvalue weighted by molar-refractivity contribution is 6.02. The van der Waals surface area contributed by atoms with Gasteiger partial charge in [-0.05, 0) is 29.8 Å². The molecule has 164 valence electrons. The Morgan fingerprint density at radius 3 is 2.77 bits per heavy atom. The Morgan fingerprint density at radius 1 is 1.26 bits per heavy atom. The van der Waals surface area contributed by atoms with Crippen molar-refractivity contribution in [1.29, 1.82) is 0 Å². The van der Waals surface area contributed by atoms with E-state index >= 15 is 0 Å². The van der Waals surface area contributed by atoms with Crippen LogP contribution < -0.4 is 15.4 Å². The Bertz CT molecular complexity index is 1010. The van der Waals surface area contributed by atoms with Crippen LogP contribution in [0.25, 0.3) is 5.69 Å². The number of ether oxygens (including phenoxy) is 2. The molecular weight excluding hydrogens is 432 g/mol. The van der Waals surface area contributed by atoms with Crippen molar-refractivity contribution in [3.8, 4) is 11.4 Å². The maximum absolute atomic E-state index is 12.5. The molecule has 3 aromatic rings. The molecule has 1 fully saturated rings. The molecule has 1 aliphatic heterocycles. The number of morpholine rings is 1. The molecule has 0 bridgehead atoms. The smallest absolute Gasteiger partial charge is 0.387 e. The molecule has 0 saturated carbocycles. The lowest BCUT2D eigenvalue weighted by atomic mass is 10.1. The Labute approximate surface area is 182 Å². The average molecular weight is 452 g/mol. The second-order valence-corrected chi connectivity index (χ2v) is 6.56. The Balaban J connectivity index is 0.00000272. The lowest BCUT2D eigenvalue weighted by Gasteiger charge is -2.24. The molecule has 1 amide bonds. The summed E-state index contributed by atoms with van der Waals surface area (Å²) in [7, 11) is 0. The zero-order valence-corrected chi connectivity index (χ0v) is 17.0. The summed E-state index contributed by atoms with van der Waals surface area (Å²) in [4.78, 5) is 12.5. The minimum atomic E-state index is -2.93. The van der Waals surface area contributed by atoms with Crippen LogP contribution in [0.3, 0.4) is 0 Å². The number of alkyl halides is 2. The Hall–Kier alpha value is -3.08. The number of rotatable bonds is 6. The molecule has 0 radical (unpaired) electrons. The van der Waals surface area contributed by atoms with E-state index in [0.717, 1.165) is 18.7 Å². The largest absolute Gasteiger partial charge is 0.435 e. The third-order valence-electron chi connectivity index (χ3n) is 4.50. The van der Waals surface area contributed by atoms with E-state index in [1.54, 1.807) is 24.3 Å². The van der Waals surface area contributed by atoms with E-state index in [-0.39, 0.29) is 30.0 Å². The van der Waals surface area contributed by atoms with Gasteiger partial charge in [-0.15, -0.1) is 17.5 Å². The monoisotopic (exact) mass is 451 g/mol. The van der Waals surface area contributed by atoms with Crippen LogP contribution in [0, 0.1) is 0 Å². The van der Waals surface area contributed by atoms with Crippen molar-refractivity contribution in [2.45, 2.75) is 12.7 Å². The average Bonchev–Trinajstić information content (AvgIpc) is 3.25. The molecule has 4 rings (SSSR count). The summed E-state index contributed by atoms with van der Waals surface area (Å²) in [5, 5.41) is 13.8. The highest BCUT2D eigenvalue weighted by Crippen LogP contribution is 2.21. The molecule has 1 atom stereocenters. The molecule has 11 heteroatoms. The van der Waals surface area contributed by atoms with Gasteiger partial charge in [0.2, 0.25) is 0 Å². The summed E-state index contributed by atoms with van der Waals surface area (Å²) in [5.41, 5.74) is 2.15. The van der Waals surface area contributed by atoms with E-state index in [1.165, 1.54) is 23.0 Å². The predicted octanol–water partition coefficient (Wildman–Crippen LogP) is 3.20. The van der Waals surface area contributed by atoms with Crippen LogP contribution in [-0.4, -0.2) is 47.2 Å². The van der Waals surface area contributed by atoms with Crippen molar-refractivity contribution < 1.29 is 23.0 Å². The number of halogens is 3. The molecule has 2 heterocycles. The van der Waals surface area contributed by atoms with E-state index in [1.807, 2.05) is 12.1 Å². The lowest BCUT2D eigenvalue weighted by Crippen LogP contribution is -2.33.